The highest BCUT2D eigenvalue weighted by atomic mass is 35.5. The summed E-state index contributed by atoms with van der Waals surface area (Å²) in [6.45, 7) is 6.60. The highest BCUT2D eigenvalue weighted by Gasteiger charge is 2.33. The van der Waals surface area contributed by atoms with Crippen molar-refractivity contribution >= 4 is 45.2 Å². The maximum Gasteiger partial charge on any atom is 0.410 e. The fourth-order valence-electron chi connectivity index (χ4n) is 2.89. The molecular weight excluding hydrogens is 374 g/mol. The number of amides is 2. The van der Waals surface area contributed by atoms with Crippen molar-refractivity contribution in [3.63, 3.8) is 0 Å². The van der Waals surface area contributed by atoms with Gasteiger partial charge in [-0.2, -0.15) is 0 Å². The Morgan fingerprint density at radius 2 is 2.15 bits per heavy atom. The maximum absolute atomic E-state index is 12.8. The van der Waals surface area contributed by atoms with Crippen LogP contribution in [0.15, 0.2) is 18.3 Å². The molecule has 0 aliphatic carbocycles. The molecule has 0 N–H and O–H groups in total. The van der Waals surface area contributed by atoms with Crippen LogP contribution in [0, 0.1) is 0 Å². The minimum atomic E-state index is -0.539. The molecule has 26 heavy (non-hydrogen) atoms. The molecule has 0 spiro atoms. The van der Waals surface area contributed by atoms with E-state index in [9.17, 15) is 9.59 Å². The zero-order chi connectivity index (χ0) is 19.1. The zero-order valence-electron chi connectivity index (χ0n) is 15.3. The Bertz CT molecular complexity index is 846. The SMILES string of the molecule is CN(C(=O)OC(C)(C)C)C1CCN(C(=O)c2cc3nccc(Cl)c3s2)C1. The minimum Gasteiger partial charge on any atom is -0.444 e. The van der Waals surface area contributed by atoms with Crippen LogP contribution in [0.1, 0.15) is 36.9 Å². The Hall–Kier alpha value is -1.86. The van der Waals surface area contributed by atoms with Gasteiger partial charge in [0.05, 0.1) is 26.2 Å². The third-order valence-electron chi connectivity index (χ3n) is 4.25. The summed E-state index contributed by atoms with van der Waals surface area (Å²) in [6.07, 6.45) is 1.99. The van der Waals surface area contributed by atoms with Crippen molar-refractivity contribution in [2.45, 2.75) is 38.8 Å². The van der Waals surface area contributed by atoms with Gasteiger partial charge in [-0.05, 0) is 39.3 Å². The van der Waals surface area contributed by atoms with Gasteiger partial charge in [0.2, 0.25) is 0 Å². The van der Waals surface area contributed by atoms with Gasteiger partial charge in [-0.25, -0.2) is 4.79 Å². The number of nitrogens with zero attached hydrogens (tertiary/aromatic N) is 3. The first-order valence-corrected chi connectivity index (χ1v) is 9.64. The number of ether oxygens (including phenoxy) is 1. The Kier molecular flexibility index (Phi) is 5.12. The Balaban J connectivity index is 1.68. The molecule has 3 rings (SSSR count). The molecule has 1 fully saturated rings. The van der Waals surface area contributed by atoms with E-state index in [-0.39, 0.29) is 18.0 Å². The lowest BCUT2D eigenvalue weighted by molar-refractivity contribution is 0.0226. The maximum atomic E-state index is 12.8. The normalized spacial score (nSPS) is 17.6. The van der Waals surface area contributed by atoms with Crippen molar-refractivity contribution < 1.29 is 14.3 Å². The number of rotatable bonds is 2. The molecular formula is C18H22ClN3O3S. The summed E-state index contributed by atoms with van der Waals surface area (Å²) >= 11 is 7.53. The first-order valence-electron chi connectivity index (χ1n) is 8.45. The molecule has 1 aliphatic heterocycles. The standard InChI is InChI=1S/C18H22ClN3O3S/c1-18(2,3)25-17(24)21(4)11-6-8-22(10-11)16(23)14-9-13-15(26-14)12(19)5-7-20-13/h5,7,9,11H,6,8,10H2,1-4H3. The molecule has 140 valence electrons. The molecule has 6 nitrogen and oxygen atoms in total. The molecule has 2 amide bonds. The van der Waals surface area contributed by atoms with Gasteiger partial charge in [0.15, 0.2) is 0 Å². The number of hydrogen-bond acceptors (Lipinski definition) is 5. The van der Waals surface area contributed by atoms with Crippen LogP contribution in [0.3, 0.4) is 0 Å². The van der Waals surface area contributed by atoms with E-state index in [1.165, 1.54) is 11.3 Å². The van der Waals surface area contributed by atoms with E-state index in [0.29, 0.717) is 23.0 Å². The number of halogens is 1. The molecule has 0 saturated carbocycles. The summed E-state index contributed by atoms with van der Waals surface area (Å²) in [5, 5.41) is 0.600. The van der Waals surface area contributed by atoms with Gasteiger partial charge < -0.3 is 14.5 Å². The molecule has 3 heterocycles. The van der Waals surface area contributed by atoms with Crippen LogP contribution in [-0.4, -0.2) is 58.6 Å². The van der Waals surface area contributed by atoms with Crippen molar-refractivity contribution in [3.8, 4) is 0 Å². The molecule has 2 aromatic heterocycles. The van der Waals surface area contributed by atoms with Gasteiger partial charge in [-0.3, -0.25) is 9.78 Å². The summed E-state index contributed by atoms with van der Waals surface area (Å²) in [5.74, 6) is -0.0517. The van der Waals surface area contributed by atoms with Gasteiger partial charge in [0.1, 0.15) is 5.60 Å². The topological polar surface area (TPSA) is 62.7 Å². The van der Waals surface area contributed by atoms with Gasteiger partial charge in [0.25, 0.3) is 5.91 Å². The Labute approximate surface area is 161 Å². The summed E-state index contributed by atoms with van der Waals surface area (Å²) in [6, 6.07) is 3.44. The van der Waals surface area contributed by atoms with Crippen molar-refractivity contribution in [1.82, 2.24) is 14.8 Å². The molecule has 2 aromatic rings. The average Bonchev–Trinajstić information content (AvgIpc) is 3.19. The summed E-state index contributed by atoms with van der Waals surface area (Å²) in [4.78, 5) is 33.3. The molecule has 1 saturated heterocycles. The molecule has 8 heteroatoms. The third-order valence-corrected chi connectivity index (χ3v) is 5.83. The highest BCUT2D eigenvalue weighted by molar-refractivity contribution is 7.21. The second kappa shape index (κ2) is 7.04. The Morgan fingerprint density at radius 3 is 2.81 bits per heavy atom. The number of thiophene rings is 1. The van der Waals surface area contributed by atoms with Gasteiger partial charge in [0, 0.05) is 26.3 Å². The van der Waals surface area contributed by atoms with Crippen LogP contribution in [0.5, 0.6) is 0 Å². The summed E-state index contributed by atoms with van der Waals surface area (Å²) < 4.78 is 6.23. The molecule has 1 unspecified atom stereocenters. The molecule has 1 atom stereocenters. The number of fused-ring (bicyclic) bond motifs is 1. The van der Waals surface area contributed by atoms with Crippen LogP contribution in [0.25, 0.3) is 10.2 Å². The second-order valence-electron chi connectivity index (χ2n) is 7.40. The van der Waals surface area contributed by atoms with E-state index in [1.54, 1.807) is 35.2 Å². The van der Waals surface area contributed by atoms with Crippen molar-refractivity contribution in [3.05, 3.63) is 28.2 Å². The fraction of sp³-hybridized carbons (Fsp3) is 0.500. The number of carbonyl (C=O) groups is 2. The van der Waals surface area contributed by atoms with Crippen LogP contribution in [0.2, 0.25) is 5.02 Å². The van der Waals surface area contributed by atoms with Crippen LogP contribution in [-0.2, 0) is 4.74 Å². The quantitative estimate of drug-likeness (QED) is 0.770. The number of hydrogen-bond donors (Lipinski definition) is 0. The smallest absolute Gasteiger partial charge is 0.410 e. The van der Waals surface area contributed by atoms with Gasteiger partial charge in [-0.1, -0.05) is 11.6 Å². The fourth-order valence-corrected chi connectivity index (χ4v) is 4.15. The third kappa shape index (κ3) is 3.94. The van der Waals surface area contributed by atoms with Crippen LogP contribution < -0.4 is 0 Å². The number of carbonyl (C=O) groups excluding carboxylic acids is 2. The first kappa shape index (κ1) is 18.9. The van der Waals surface area contributed by atoms with E-state index in [2.05, 4.69) is 4.98 Å². The minimum absolute atomic E-state index is 0.0510. The number of likely N-dealkylation sites (N-methyl/N-ethyl adjacent to an activating group) is 1. The summed E-state index contributed by atoms with van der Waals surface area (Å²) in [7, 11) is 1.72. The van der Waals surface area contributed by atoms with E-state index in [4.69, 9.17) is 16.3 Å². The monoisotopic (exact) mass is 395 g/mol. The van der Waals surface area contributed by atoms with Crippen LogP contribution >= 0.6 is 22.9 Å². The molecule has 0 aromatic carbocycles. The van der Waals surface area contributed by atoms with E-state index < -0.39 is 5.60 Å². The summed E-state index contributed by atoms with van der Waals surface area (Å²) in [5.41, 5.74) is 0.190. The zero-order valence-corrected chi connectivity index (χ0v) is 16.9. The van der Waals surface area contributed by atoms with E-state index >= 15 is 0 Å². The predicted molar refractivity (Wildman–Crippen MR) is 103 cm³/mol. The largest absolute Gasteiger partial charge is 0.444 e. The lowest BCUT2D eigenvalue weighted by Crippen LogP contribution is -2.42. The van der Waals surface area contributed by atoms with Crippen molar-refractivity contribution in [1.29, 1.82) is 0 Å². The molecule has 0 radical (unpaired) electrons. The molecule has 0 bridgehead atoms. The highest BCUT2D eigenvalue weighted by Crippen LogP contribution is 2.31. The number of pyridine rings is 1. The van der Waals surface area contributed by atoms with E-state index in [1.807, 2.05) is 20.8 Å². The predicted octanol–water partition coefficient (Wildman–Crippen LogP) is 4.03. The van der Waals surface area contributed by atoms with Gasteiger partial charge >= 0.3 is 6.09 Å². The second-order valence-corrected chi connectivity index (χ2v) is 8.86. The van der Waals surface area contributed by atoms with Gasteiger partial charge in [-0.15, -0.1) is 11.3 Å². The van der Waals surface area contributed by atoms with Crippen molar-refractivity contribution in [2.75, 3.05) is 20.1 Å². The van der Waals surface area contributed by atoms with Crippen molar-refractivity contribution in [2.24, 2.45) is 0 Å². The lowest BCUT2D eigenvalue weighted by Gasteiger charge is -2.28. The molecule has 1 aliphatic rings. The number of aromatic nitrogens is 1. The van der Waals surface area contributed by atoms with Crippen LogP contribution in [0.4, 0.5) is 4.79 Å². The first-order chi connectivity index (χ1) is 12.2. The lowest BCUT2D eigenvalue weighted by atomic mass is 10.2. The average molecular weight is 396 g/mol. The van der Waals surface area contributed by atoms with E-state index in [0.717, 1.165) is 16.6 Å². The Morgan fingerprint density at radius 1 is 1.42 bits per heavy atom. The number of likely N-dealkylation sites (tertiary alicyclic amines) is 1.